The van der Waals surface area contributed by atoms with E-state index in [1.807, 2.05) is 26.8 Å². The van der Waals surface area contributed by atoms with E-state index in [0.717, 1.165) is 5.56 Å². The quantitative estimate of drug-likeness (QED) is 0.568. The molecule has 0 aliphatic rings. The first-order valence-electron chi connectivity index (χ1n) is 4.76. The van der Waals surface area contributed by atoms with Crippen LogP contribution in [0.5, 0.6) is 0 Å². The number of nitro groups is 1. The van der Waals surface area contributed by atoms with Gasteiger partial charge in [-0.15, -0.1) is 0 Å². The molecule has 4 nitrogen and oxygen atoms in total. The van der Waals surface area contributed by atoms with Gasteiger partial charge >= 0.3 is 0 Å². The lowest BCUT2D eigenvalue weighted by Crippen LogP contribution is -2.18. The lowest BCUT2D eigenvalue weighted by atomic mass is 10.1. The molecular formula is C11H15NO3. The van der Waals surface area contributed by atoms with Crippen LogP contribution in [0.25, 0.3) is 0 Å². The predicted molar refractivity (Wildman–Crippen MR) is 57.6 cm³/mol. The van der Waals surface area contributed by atoms with Crippen LogP contribution in [0, 0.1) is 10.1 Å². The van der Waals surface area contributed by atoms with Gasteiger partial charge in [-0.05, 0) is 26.3 Å². The van der Waals surface area contributed by atoms with Gasteiger partial charge < -0.3 is 4.74 Å². The van der Waals surface area contributed by atoms with Crippen LogP contribution in [0.3, 0.4) is 0 Å². The second kappa shape index (κ2) is 4.40. The Balaban J connectivity index is 2.70. The molecule has 0 aliphatic heterocycles. The molecule has 0 radical (unpaired) electrons. The first-order valence-corrected chi connectivity index (χ1v) is 4.76. The predicted octanol–water partition coefficient (Wildman–Crippen LogP) is 2.91. The molecule has 0 atom stereocenters. The van der Waals surface area contributed by atoms with Gasteiger partial charge in [0.25, 0.3) is 5.69 Å². The van der Waals surface area contributed by atoms with Crippen LogP contribution >= 0.6 is 0 Å². The maximum absolute atomic E-state index is 10.5. The van der Waals surface area contributed by atoms with Gasteiger partial charge in [-0.3, -0.25) is 10.1 Å². The molecule has 0 unspecified atom stereocenters. The number of rotatable bonds is 3. The summed E-state index contributed by atoms with van der Waals surface area (Å²) in [5.74, 6) is 0. The Morgan fingerprint density at radius 3 is 2.60 bits per heavy atom. The Morgan fingerprint density at radius 2 is 2.07 bits per heavy atom. The van der Waals surface area contributed by atoms with Crippen molar-refractivity contribution in [1.82, 2.24) is 0 Å². The van der Waals surface area contributed by atoms with Gasteiger partial charge in [0.1, 0.15) is 0 Å². The summed E-state index contributed by atoms with van der Waals surface area (Å²) < 4.78 is 5.53. The van der Waals surface area contributed by atoms with Gasteiger partial charge in [0.05, 0.1) is 17.1 Å². The van der Waals surface area contributed by atoms with E-state index >= 15 is 0 Å². The van der Waals surface area contributed by atoms with Crippen LogP contribution in [0.2, 0.25) is 0 Å². The van der Waals surface area contributed by atoms with Crippen molar-refractivity contribution in [3.05, 3.63) is 39.9 Å². The molecule has 0 fully saturated rings. The molecule has 1 aromatic carbocycles. The van der Waals surface area contributed by atoms with Crippen LogP contribution in [-0.2, 0) is 11.3 Å². The minimum Gasteiger partial charge on any atom is -0.371 e. The Bertz CT molecular complexity index is 355. The molecule has 0 N–H and O–H groups in total. The van der Waals surface area contributed by atoms with Crippen LogP contribution in [-0.4, -0.2) is 10.5 Å². The number of benzene rings is 1. The molecule has 1 aromatic rings. The highest BCUT2D eigenvalue weighted by Crippen LogP contribution is 2.16. The molecule has 0 aliphatic carbocycles. The van der Waals surface area contributed by atoms with E-state index in [4.69, 9.17) is 4.74 Å². The molecule has 0 spiro atoms. The van der Waals surface area contributed by atoms with Crippen molar-refractivity contribution in [3.8, 4) is 0 Å². The van der Waals surface area contributed by atoms with Crippen molar-refractivity contribution in [2.24, 2.45) is 0 Å². The second-order valence-electron chi connectivity index (χ2n) is 4.33. The zero-order valence-corrected chi connectivity index (χ0v) is 9.19. The van der Waals surface area contributed by atoms with E-state index in [9.17, 15) is 10.1 Å². The van der Waals surface area contributed by atoms with Crippen LogP contribution in [0.1, 0.15) is 26.3 Å². The van der Waals surface area contributed by atoms with Crippen LogP contribution in [0.15, 0.2) is 24.3 Å². The van der Waals surface area contributed by atoms with Gasteiger partial charge in [-0.25, -0.2) is 0 Å². The summed E-state index contributed by atoms with van der Waals surface area (Å²) in [6.45, 7) is 6.24. The molecule has 0 saturated heterocycles. The van der Waals surface area contributed by atoms with E-state index in [2.05, 4.69) is 0 Å². The number of nitro benzene ring substituents is 1. The molecule has 0 saturated carbocycles. The molecule has 0 aromatic heterocycles. The summed E-state index contributed by atoms with van der Waals surface area (Å²) in [6, 6.07) is 6.49. The highest BCUT2D eigenvalue weighted by Gasteiger charge is 2.11. The zero-order chi connectivity index (χ0) is 11.5. The Kier molecular flexibility index (Phi) is 3.42. The monoisotopic (exact) mass is 209 g/mol. The van der Waals surface area contributed by atoms with E-state index in [0.29, 0.717) is 6.61 Å². The third-order valence-electron chi connectivity index (χ3n) is 1.79. The van der Waals surface area contributed by atoms with Crippen molar-refractivity contribution in [3.63, 3.8) is 0 Å². The SMILES string of the molecule is CC(C)(C)OCc1cccc([N+](=O)[O-])c1. The number of hydrogen-bond donors (Lipinski definition) is 0. The first-order chi connectivity index (χ1) is 6.88. The van der Waals surface area contributed by atoms with Crippen molar-refractivity contribution >= 4 is 5.69 Å². The Labute approximate surface area is 89.0 Å². The van der Waals surface area contributed by atoms with E-state index in [1.54, 1.807) is 6.07 Å². The number of non-ortho nitro benzene ring substituents is 1. The number of nitrogens with zero attached hydrogens (tertiary/aromatic N) is 1. The normalized spacial score (nSPS) is 11.4. The average Bonchev–Trinajstić information content (AvgIpc) is 2.14. The van der Waals surface area contributed by atoms with Crippen molar-refractivity contribution in [2.45, 2.75) is 33.0 Å². The summed E-state index contributed by atoms with van der Waals surface area (Å²) in [7, 11) is 0. The molecule has 0 amide bonds. The summed E-state index contributed by atoms with van der Waals surface area (Å²) in [4.78, 5) is 10.1. The van der Waals surface area contributed by atoms with Crippen molar-refractivity contribution < 1.29 is 9.66 Å². The van der Waals surface area contributed by atoms with Gasteiger partial charge in [0.15, 0.2) is 0 Å². The topological polar surface area (TPSA) is 52.4 Å². The summed E-state index contributed by atoms with van der Waals surface area (Å²) in [6.07, 6.45) is 0. The third-order valence-corrected chi connectivity index (χ3v) is 1.79. The van der Waals surface area contributed by atoms with Gasteiger partial charge in [0.2, 0.25) is 0 Å². The minimum absolute atomic E-state index is 0.102. The number of ether oxygens (including phenoxy) is 1. The smallest absolute Gasteiger partial charge is 0.269 e. The fourth-order valence-electron chi connectivity index (χ4n) is 1.06. The standard InChI is InChI=1S/C11H15NO3/c1-11(2,3)15-8-9-5-4-6-10(7-9)12(13)14/h4-7H,8H2,1-3H3. The third kappa shape index (κ3) is 4.08. The van der Waals surface area contributed by atoms with Crippen LogP contribution in [0.4, 0.5) is 5.69 Å². The molecule has 1 rings (SSSR count). The largest absolute Gasteiger partial charge is 0.371 e. The van der Waals surface area contributed by atoms with Gasteiger partial charge in [0, 0.05) is 12.1 Å². The molecule has 0 heterocycles. The lowest BCUT2D eigenvalue weighted by molar-refractivity contribution is -0.385. The molecular weight excluding hydrogens is 194 g/mol. The highest BCUT2D eigenvalue weighted by molar-refractivity contribution is 5.33. The fraction of sp³-hybridized carbons (Fsp3) is 0.455. The van der Waals surface area contributed by atoms with Crippen molar-refractivity contribution in [1.29, 1.82) is 0 Å². The van der Waals surface area contributed by atoms with E-state index in [-0.39, 0.29) is 11.3 Å². The maximum Gasteiger partial charge on any atom is 0.269 e. The van der Waals surface area contributed by atoms with E-state index in [1.165, 1.54) is 12.1 Å². The lowest BCUT2D eigenvalue weighted by Gasteiger charge is -2.19. The summed E-state index contributed by atoms with van der Waals surface area (Å²) >= 11 is 0. The van der Waals surface area contributed by atoms with E-state index < -0.39 is 4.92 Å². The number of hydrogen-bond acceptors (Lipinski definition) is 3. The summed E-state index contributed by atoms with van der Waals surface area (Å²) in [5, 5.41) is 10.5. The molecule has 4 heteroatoms. The van der Waals surface area contributed by atoms with Crippen LogP contribution < -0.4 is 0 Å². The van der Waals surface area contributed by atoms with Gasteiger partial charge in [-0.1, -0.05) is 12.1 Å². The Hall–Kier alpha value is -1.42. The second-order valence-corrected chi connectivity index (χ2v) is 4.33. The fourth-order valence-corrected chi connectivity index (χ4v) is 1.06. The summed E-state index contributed by atoms with van der Waals surface area (Å²) in [5.41, 5.74) is 0.689. The first kappa shape index (κ1) is 11.7. The Morgan fingerprint density at radius 1 is 1.40 bits per heavy atom. The minimum atomic E-state index is -0.402. The van der Waals surface area contributed by atoms with Crippen molar-refractivity contribution in [2.75, 3.05) is 0 Å². The maximum atomic E-state index is 10.5. The molecule has 15 heavy (non-hydrogen) atoms. The average molecular weight is 209 g/mol. The zero-order valence-electron chi connectivity index (χ0n) is 9.19. The highest BCUT2D eigenvalue weighted by atomic mass is 16.6. The molecule has 0 bridgehead atoms. The molecule has 82 valence electrons. The van der Waals surface area contributed by atoms with Gasteiger partial charge in [-0.2, -0.15) is 0 Å².